The van der Waals surface area contributed by atoms with E-state index in [1.165, 1.54) is 22.3 Å². The summed E-state index contributed by atoms with van der Waals surface area (Å²) in [5, 5.41) is 4.05. The Kier molecular flexibility index (Phi) is 7.29. The van der Waals surface area contributed by atoms with Gasteiger partial charge in [0.05, 0.1) is 12.2 Å². The van der Waals surface area contributed by atoms with E-state index in [0.717, 1.165) is 49.7 Å². The van der Waals surface area contributed by atoms with E-state index >= 15 is 0 Å². The molecule has 3 rings (SSSR count). The molecule has 1 aliphatic rings. The van der Waals surface area contributed by atoms with E-state index < -0.39 is 0 Å². The largest absolute Gasteiger partial charge is 0.462 e. The third-order valence-corrected chi connectivity index (χ3v) is 6.17. The number of amides is 1. The highest BCUT2D eigenvalue weighted by atomic mass is 35.5. The zero-order valence-electron chi connectivity index (χ0n) is 15.9. The maximum Gasteiger partial charge on any atom is 0.341 e. The number of halogens is 1. The third-order valence-electron chi connectivity index (χ3n) is 4.62. The summed E-state index contributed by atoms with van der Waals surface area (Å²) >= 11 is 7.62. The van der Waals surface area contributed by atoms with E-state index in [0.29, 0.717) is 22.2 Å². The molecule has 2 aromatic rings. The Morgan fingerprint density at radius 2 is 2.00 bits per heavy atom. The van der Waals surface area contributed by atoms with E-state index in [4.69, 9.17) is 16.3 Å². The van der Waals surface area contributed by atoms with Gasteiger partial charge in [-0.15, -0.1) is 11.3 Å². The number of aryl methyl sites for hydroxylation is 1. The maximum atomic E-state index is 12.7. The first-order valence-corrected chi connectivity index (χ1v) is 10.8. The van der Waals surface area contributed by atoms with Crippen molar-refractivity contribution in [2.75, 3.05) is 11.9 Å². The van der Waals surface area contributed by atoms with E-state index in [1.54, 1.807) is 12.1 Å². The van der Waals surface area contributed by atoms with Crippen molar-refractivity contribution in [3.05, 3.63) is 56.9 Å². The molecule has 1 heterocycles. The van der Waals surface area contributed by atoms with Crippen LogP contribution in [0.15, 0.2) is 30.3 Å². The lowest BCUT2D eigenvalue weighted by atomic mass is 10.1. The number of benzene rings is 1. The standard InChI is InChI=1S/C22H24ClNO3S/c1-2-14-27-22(26)20-16-9-4-3-5-11-18(16)28-21(20)24-19(25)13-12-15-8-6-7-10-17(15)23/h6-8,10,12-13H,2-5,9,11,14H2,1H3,(H,24,25)/b13-12+. The Labute approximate surface area is 174 Å². The van der Waals surface area contributed by atoms with Crippen molar-refractivity contribution in [1.29, 1.82) is 0 Å². The highest BCUT2D eigenvalue weighted by molar-refractivity contribution is 7.17. The summed E-state index contributed by atoms with van der Waals surface area (Å²) in [7, 11) is 0. The lowest BCUT2D eigenvalue weighted by Gasteiger charge is -2.08. The van der Waals surface area contributed by atoms with Crippen molar-refractivity contribution in [3.8, 4) is 0 Å². The lowest BCUT2D eigenvalue weighted by Crippen LogP contribution is -2.13. The topological polar surface area (TPSA) is 55.4 Å². The SMILES string of the molecule is CCCOC(=O)c1c(NC(=O)/C=C/c2ccccc2Cl)sc2c1CCCCC2. The van der Waals surface area contributed by atoms with Gasteiger partial charge in [0, 0.05) is 16.0 Å². The van der Waals surface area contributed by atoms with Crippen LogP contribution in [0.1, 0.15) is 59.0 Å². The Morgan fingerprint density at radius 1 is 1.21 bits per heavy atom. The van der Waals surface area contributed by atoms with Gasteiger partial charge in [0.25, 0.3) is 0 Å². The second-order valence-electron chi connectivity index (χ2n) is 6.75. The number of ether oxygens (including phenoxy) is 1. The van der Waals surface area contributed by atoms with Gasteiger partial charge in [-0.25, -0.2) is 4.79 Å². The summed E-state index contributed by atoms with van der Waals surface area (Å²) in [6.45, 7) is 2.34. The molecule has 1 N–H and O–H groups in total. The molecule has 0 fully saturated rings. The number of esters is 1. The molecule has 1 aliphatic carbocycles. The average Bonchev–Trinajstić information content (AvgIpc) is 2.86. The van der Waals surface area contributed by atoms with Crippen molar-refractivity contribution in [2.24, 2.45) is 0 Å². The van der Waals surface area contributed by atoms with Crippen LogP contribution in [0.4, 0.5) is 5.00 Å². The first-order chi connectivity index (χ1) is 13.6. The van der Waals surface area contributed by atoms with Crippen LogP contribution in [-0.2, 0) is 22.4 Å². The fourth-order valence-corrected chi connectivity index (χ4v) is 4.72. The Morgan fingerprint density at radius 3 is 2.79 bits per heavy atom. The molecule has 0 radical (unpaired) electrons. The number of fused-ring (bicyclic) bond motifs is 1. The van der Waals surface area contributed by atoms with Crippen LogP contribution < -0.4 is 5.32 Å². The van der Waals surface area contributed by atoms with Crippen LogP contribution in [0, 0.1) is 0 Å². The molecule has 0 unspecified atom stereocenters. The van der Waals surface area contributed by atoms with E-state index in [-0.39, 0.29) is 11.9 Å². The normalized spacial score (nSPS) is 13.8. The van der Waals surface area contributed by atoms with Gasteiger partial charge in [-0.3, -0.25) is 4.79 Å². The number of rotatable bonds is 6. The van der Waals surface area contributed by atoms with Crippen LogP contribution in [0.5, 0.6) is 0 Å². The molecule has 0 saturated carbocycles. The zero-order valence-corrected chi connectivity index (χ0v) is 17.5. The second-order valence-corrected chi connectivity index (χ2v) is 8.26. The number of anilines is 1. The molecule has 1 amide bonds. The van der Waals surface area contributed by atoms with Gasteiger partial charge in [-0.1, -0.05) is 43.1 Å². The molecule has 4 nitrogen and oxygen atoms in total. The van der Waals surface area contributed by atoms with Crippen molar-refractivity contribution in [3.63, 3.8) is 0 Å². The van der Waals surface area contributed by atoms with Gasteiger partial charge in [-0.2, -0.15) is 0 Å². The van der Waals surface area contributed by atoms with Crippen LogP contribution in [0.2, 0.25) is 5.02 Å². The number of nitrogens with one attached hydrogen (secondary N) is 1. The predicted octanol–water partition coefficient (Wildman–Crippen LogP) is 5.89. The Bertz CT molecular complexity index is 888. The molecular formula is C22H24ClNO3S. The highest BCUT2D eigenvalue weighted by Gasteiger charge is 2.26. The van der Waals surface area contributed by atoms with Crippen molar-refractivity contribution in [2.45, 2.75) is 45.4 Å². The number of carbonyl (C=O) groups is 2. The van der Waals surface area contributed by atoms with Gasteiger partial charge in [-0.05, 0) is 55.4 Å². The summed E-state index contributed by atoms with van der Waals surface area (Å²) < 4.78 is 5.39. The molecule has 1 aromatic carbocycles. The van der Waals surface area contributed by atoms with Crippen LogP contribution in [0.25, 0.3) is 6.08 Å². The van der Waals surface area contributed by atoms with E-state index in [9.17, 15) is 9.59 Å². The van der Waals surface area contributed by atoms with Gasteiger partial charge >= 0.3 is 5.97 Å². The molecule has 1 aromatic heterocycles. The number of hydrogen-bond acceptors (Lipinski definition) is 4. The first-order valence-electron chi connectivity index (χ1n) is 9.65. The number of carbonyl (C=O) groups excluding carboxylic acids is 2. The monoisotopic (exact) mass is 417 g/mol. The van der Waals surface area contributed by atoms with Gasteiger partial charge in [0.2, 0.25) is 5.91 Å². The minimum atomic E-state index is -0.341. The van der Waals surface area contributed by atoms with Crippen molar-refractivity contribution < 1.29 is 14.3 Å². The summed E-state index contributed by atoms with van der Waals surface area (Å²) in [6.07, 6.45) is 8.99. The predicted molar refractivity (Wildman–Crippen MR) is 115 cm³/mol. The van der Waals surface area contributed by atoms with Crippen molar-refractivity contribution >= 4 is 45.9 Å². The fourth-order valence-electron chi connectivity index (χ4n) is 3.24. The van der Waals surface area contributed by atoms with Gasteiger partial charge in [0.15, 0.2) is 0 Å². The second kappa shape index (κ2) is 9.89. The minimum absolute atomic E-state index is 0.291. The van der Waals surface area contributed by atoms with Crippen LogP contribution in [-0.4, -0.2) is 18.5 Å². The maximum absolute atomic E-state index is 12.7. The van der Waals surface area contributed by atoms with E-state index in [1.807, 2.05) is 25.1 Å². The molecule has 0 bridgehead atoms. The smallest absolute Gasteiger partial charge is 0.341 e. The van der Waals surface area contributed by atoms with Gasteiger partial charge in [0.1, 0.15) is 5.00 Å². The summed E-state index contributed by atoms with van der Waals surface area (Å²) in [6, 6.07) is 7.32. The molecule has 28 heavy (non-hydrogen) atoms. The Balaban J connectivity index is 1.83. The summed E-state index contributed by atoms with van der Waals surface area (Å²) in [5.74, 6) is -0.632. The zero-order chi connectivity index (χ0) is 19.9. The summed E-state index contributed by atoms with van der Waals surface area (Å²) in [4.78, 5) is 26.3. The third kappa shape index (κ3) is 5.03. The summed E-state index contributed by atoms with van der Waals surface area (Å²) in [5.41, 5.74) is 2.35. The molecule has 0 aliphatic heterocycles. The molecule has 148 valence electrons. The minimum Gasteiger partial charge on any atom is -0.462 e. The number of thiophene rings is 1. The molecule has 0 spiro atoms. The Hall–Kier alpha value is -2.11. The quantitative estimate of drug-likeness (QED) is 0.362. The molecule has 6 heteroatoms. The average molecular weight is 418 g/mol. The highest BCUT2D eigenvalue weighted by Crippen LogP contribution is 2.38. The molecular weight excluding hydrogens is 394 g/mol. The fraction of sp³-hybridized carbons (Fsp3) is 0.364. The van der Waals surface area contributed by atoms with E-state index in [2.05, 4.69) is 5.32 Å². The molecule has 0 saturated heterocycles. The van der Waals surface area contributed by atoms with Crippen LogP contribution in [0.3, 0.4) is 0 Å². The van der Waals surface area contributed by atoms with Crippen molar-refractivity contribution in [1.82, 2.24) is 0 Å². The lowest BCUT2D eigenvalue weighted by molar-refractivity contribution is -0.111. The first kappa shape index (κ1) is 20.6. The number of hydrogen-bond donors (Lipinski definition) is 1. The molecule has 0 atom stereocenters. The van der Waals surface area contributed by atoms with Crippen LogP contribution >= 0.6 is 22.9 Å². The van der Waals surface area contributed by atoms with Gasteiger partial charge < -0.3 is 10.1 Å².